The van der Waals surface area contributed by atoms with Crippen LogP contribution in [0.5, 0.6) is 5.75 Å². The van der Waals surface area contributed by atoms with Crippen molar-refractivity contribution in [2.24, 2.45) is 0 Å². The predicted octanol–water partition coefficient (Wildman–Crippen LogP) is 4.41. The number of hydrogen-bond donors (Lipinski definition) is 0. The number of halogens is 3. The van der Waals surface area contributed by atoms with E-state index < -0.39 is 11.7 Å². The average Bonchev–Trinajstić information content (AvgIpc) is 2.49. The van der Waals surface area contributed by atoms with Crippen LogP contribution < -0.4 is 4.74 Å². The molecule has 0 aliphatic heterocycles. The van der Waals surface area contributed by atoms with Crippen LogP contribution in [-0.2, 0) is 6.54 Å². The van der Waals surface area contributed by atoms with Gasteiger partial charge in [-0.25, -0.2) is 4.39 Å². The van der Waals surface area contributed by atoms with Gasteiger partial charge in [0, 0.05) is 29.2 Å². The molecule has 0 aliphatic rings. The Morgan fingerprint density at radius 2 is 1.82 bits per heavy atom. The van der Waals surface area contributed by atoms with Gasteiger partial charge < -0.3 is 9.64 Å². The zero-order chi connectivity index (χ0) is 16.3. The third kappa shape index (κ3) is 3.70. The summed E-state index contributed by atoms with van der Waals surface area (Å²) in [6.45, 7) is 0.231. The van der Waals surface area contributed by atoms with Crippen molar-refractivity contribution in [3.8, 4) is 5.75 Å². The van der Waals surface area contributed by atoms with Crippen molar-refractivity contribution in [2.45, 2.75) is 6.54 Å². The predicted molar refractivity (Wildman–Crippen MR) is 85.2 cm³/mol. The highest BCUT2D eigenvalue weighted by Gasteiger charge is 2.18. The van der Waals surface area contributed by atoms with Crippen molar-refractivity contribution < 1.29 is 13.9 Å². The quantitative estimate of drug-likeness (QED) is 0.824. The Morgan fingerprint density at radius 1 is 1.18 bits per heavy atom. The maximum atomic E-state index is 13.8. The Balaban J connectivity index is 2.25. The molecular weight excluding hydrogens is 328 g/mol. The van der Waals surface area contributed by atoms with Crippen molar-refractivity contribution in [3.05, 3.63) is 63.4 Å². The van der Waals surface area contributed by atoms with Gasteiger partial charge in [-0.05, 0) is 36.4 Å². The van der Waals surface area contributed by atoms with E-state index in [0.717, 1.165) is 5.56 Å². The monoisotopic (exact) mass is 341 g/mol. The molecule has 0 saturated heterocycles. The molecule has 2 aromatic carbocycles. The third-order valence-electron chi connectivity index (χ3n) is 3.16. The smallest absolute Gasteiger partial charge is 0.256 e. The van der Waals surface area contributed by atoms with Gasteiger partial charge in [-0.3, -0.25) is 4.79 Å². The van der Waals surface area contributed by atoms with E-state index in [1.165, 1.54) is 30.2 Å². The van der Waals surface area contributed by atoms with E-state index in [4.69, 9.17) is 27.9 Å². The van der Waals surface area contributed by atoms with Crippen LogP contribution in [0.25, 0.3) is 0 Å². The molecule has 0 unspecified atom stereocenters. The minimum atomic E-state index is -0.612. The van der Waals surface area contributed by atoms with Crippen LogP contribution in [0, 0.1) is 5.82 Å². The second-order valence-electron chi connectivity index (χ2n) is 4.74. The number of benzene rings is 2. The van der Waals surface area contributed by atoms with E-state index in [0.29, 0.717) is 15.8 Å². The molecule has 0 spiro atoms. The van der Waals surface area contributed by atoms with Crippen molar-refractivity contribution in [1.29, 1.82) is 0 Å². The second kappa shape index (κ2) is 6.99. The number of amides is 1. The molecule has 0 radical (unpaired) electrons. The molecule has 0 heterocycles. The fourth-order valence-electron chi connectivity index (χ4n) is 2.07. The van der Waals surface area contributed by atoms with Gasteiger partial charge in [0.25, 0.3) is 5.91 Å². The van der Waals surface area contributed by atoms with Gasteiger partial charge in [-0.1, -0.05) is 23.2 Å². The summed E-state index contributed by atoms with van der Waals surface area (Å²) in [6, 6.07) is 9.00. The molecule has 0 N–H and O–H groups in total. The molecule has 1 amide bonds. The molecule has 6 heteroatoms. The summed E-state index contributed by atoms with van der Waals surface area (Å²) in [6.07, 6.45) is 0. The number of nitrogens with zero attached hydrogens (tertiary/aromatic N) is 1. The lowest BCUT2D eigenvalue weighted by molar-refractivity contribution is 0.0779. The molecule has 116 valence electrons. The number of methoxy groups -OCH3 is 1. The lowest BCUT2D eigenvalue weighted by Gasteiger charge is -2.19. The van der Waals surface area contributed by atoms with Gasteiger partial charge in [-0.2, -0.15) is 0 Å². The lowest BCUT2D eigenvalue weighted by Crippen LogP contribution is -2.27. The summed E-state index contributed by atoms with van der Waals surface area (Å²) in [5.74, 6) is -0.475. The van der Waals surface area contributed by atoms with E-state index in [2.05, 4.69) is 0 Å². The summed E-state index contributed by atoms with van der Waals surface area (Å²) in [4.78, 5) is 13.7. The molecule has 0 fully saturated rings. The van der Waals surface area contributed by atoms with Crippen LogP contribution >= 0.6 is 23.2 Å². The van der Waals surface area contributed by atoms with Crippen LogP contribution in [0.1, 0.15) is 15.9 Å². The zero-order valence-electron chi connectivity index (χ0n) is 12.1. The van der Waals surface area contributed by atoms with Crippen molar-refractivity contribution in [1.82, 2.24) is 4.90 Å². The zero-order valence-corrected chi connectivity index (χ0v) is 13.6. The van der Waals surface area contributed by atoms with Gasteiger partial charge in [0.15, 0.2) is 0 Å². The topological polar surface area (TPSA) is 29.5 Å². The molecule has 0 atom stereocenters. The van der Waals surface area contributed by atoms with E-state index in [1.54, 1.807) is 25.2 Å². The SMILES string of the molecule is COc1ccc(Cl)cc1CN(C)C(=O)c1cc(Cl)ccc1F. The third-order valence-corrected chi connectivity index (χ3v) is 3.63. The number of hydrogen-bond acceptors (Lipinski definition) is 2. The summed E-state index contributed by atoms with van der Waals surface area (Å²) < 4.78 is 19.0. The minimum absolute atomic E-state index is 0.0732. The van der Waals surface area contributed by atoms with Crippen LogP contribution in [0.15, 0.2) is 36.4 Å². The molecule has 0 saturated carbocycles. The Bertz CT molecular complexity index is 707. The van der Waals surface area contributed by atoms with Gasteiger partial charge in [0.05, 0.1) is 12.7 Å². The first-order valence-corrected chi connectivity index (χ1v) is 7.21. The fraction of sp³-hybridized carbons (Fsp3) is 0.188. The fourth-order valence-corrected chi connectivity index (χ4v) is 2.43. The lowest BCUT2D eigenvalue weighted by atomic mass is 10.1. The number of carbonyl (C=O) groups is 1. The highest BCUT2D eigenvalue weighted by Crippen LogP contribution is 2.25. The molecule has 3 nitrogen and oxygen atoms in total. The maximum absolute atomic E-state index is 13.8. The summed E-state index contributed by atoms with van der Waals surface area (Å²) >= 11 is 11.8. The first-order chi connectivity index (χ1) is 10.4. The summed E-state index contributed by atoms with van der Waals surface area (Å²) in [7, 11) is 3.11. The maximum Gasteiger partial charge on any atom is 0.256 e. The molecule has 22 heavy (non-hydrogen) atoms. The van der Waals surface area contributed by atoms with Crippen molar-refractivity contribution in [2.75, 3.05) is 14.2 Å². The van der Waals surface area contributed by atoms with Crippen LogP contribution in [0.3, 0.4) is 0 Å². The summed E-state index contributed by atoms with van der Waals surface area (Å²) in [5, 5.41) is 0.837. The van der Waals surface area contributed by atoms with Gasteiger partial charge >= 0.3 is 0 Å². The second-order valence-corrected chi connectivity index (χ2v) is 5.61. The molecule has 0 aliphatic carbocycles. The standard InChI is InChI=1S/C16H14Cl2FNO2/c1-20(9-10-7-11(17)4-6-15(10)22-2)16(21)13-8-12(18)3-5-14(13)19/h3-8H,9H2,1-2H3. The normalized spacial score (nSPS) is 10.4. The van der Waals surface area contributed by atoms with E-state index in [1.807, 2.05) is 0 Å². The first kappa shape index (κ1) is 16.6. The molecule has 2 aromatic rings. The molecular formula is C16H14Cl2FNO2. The first-order valence-electron chi connectivity index (χ1n) is 6.45. The van der Waals surface area contributed by atoms with Crippen molar-refractivity contribution >= 4 is 29.1 Å². The van der Waals surface area contributed by atoms with E-state index in [9.17, 15) is 9.18 Å². The molecule has 0 bridgehead atoms. The van der Waals surface area contributed by atoms with Crippen molar-refractivity contribution in [3.63, 3.8) is 0 Å². The Morgan fingerprint density at radius 3 is 2.50 bits per heavy atom. The minimum Gasteiger partial charge on any atom is -0.496 e. The highest BCUT2D eigenvalue weighted by molar-refractivity contribution is 6.31. The molecule has 2 rings (SSSR count). The van der Waals surface area contributed by atoms with Gasteiger partial charge in [-0.15, -0.1) is 0 Å². The van der Waals surface area contributed by atoms with Crippen LogP contribution in [-0.4, -0.2) is 25.0 Å². The van der Waals surface area contributed by atoms with E-state index in [-0.39, 0.29) is 12.1 Å². The highest BCUT2D eigenvalue weighted by atomic mass is 35.5. The Kier molecular flexibility index (Phi) is 5.27. The van der Waals surface area contributed by atoms with Gasteiger partial charge in [0.2, 0.25) is 0 Å². The number of ether oxygens (including phenoxy) is 1. The molecule has 0 aromatic heterocycles. The largest absolute Gasteiger partial charge is 0.496 e. The van der Waals surface area contributed by atoms with Crippen LogP contribution in [0.4, 0.5) is 4.39 Å². The Labute approximate surface area is 138 Å². The number of rotatable bonds is 4. The van der Waals surface area contributed by atoms with Crippen LogP contribution in [0.2, 0.25) is 10.0 Å². The summed E-state index contributed by atoms with van der Waals surface area (Å²) in [5.41, 5.74) is 0.657. The average molecular weight is 342 g/mol. The van der Waals surface area contributed by atoms with Gasteiger partial charge in [0.1, 0.15) is 11.6 Å². The Hall–Kier alpha value is -1.78. The number of carbonyl (C=O) groups excluding carboxylic acids is 1. The van der Waals surface area contributed by atoms with E-state index >= 15 is 0 Å².